The van der Waals surface area contributed by atoms with Crippen LogP contribution in [-0.4, -0.2) is 18.6 Å². The molecule has 0 amide bonds. The predicted octanol–water partition coefficient (Wildman–Crippen LogP) is 2.33. The van der Waals surface area contributed by atoms with Gasteiger partial charge in [-0.1, -0.05) is 37.3 Å². The zero-order chi connectivity index (χ0) is 12.1. The van der Waals surface area contributed by atoms with E-state index < -0.39 is 0 Å². The van der Waals surface area contributed by atoms with Gasteiger partial charge in [-0.15, -0.1) is 0 Å². The Hall–Kier alpha value is -0.860. The highest BCUT2D eigenvalue weighted by molar-refractivity contribution is 5.14. The Kier molecular flexibility index (Phi) is 4.57. The molecule has 2 rings (SSSR count). The first-order chi connectivity index (χ1) is 8.24. The van der Waals surface area contributed by atoms with Gasteiger partial charge in [0.05, 0.1) is 0 Å². The van der Waals surface area contributed by atoms with Crippen molar-refractivity contribution < 1.29 is 0 Å². The SMILES string of the molecule is CC1CC(NC[C@@H](N)CCc2ccccc2)C1. The lowest BCUT2D eigenvalue weighted by molar-refractivity contribution is 0.237. The molecule has 3 N–H and O–H groups in total. The van der Waals surface area contributed by atoms with Gasteiger partial charge >= 0.3 is 0 Å². The molecule has 0 radical (unpaired) electrons. The normalized spacial score (nSPS) is 25.3. The highest BCUT2D eigenvalue weighted by Crippen LogP contribution is 2.26. The van der Waals surface area contributed by atoms with Crippen LogP contribution in [0.15, 0.2) is 30.3 Å². The van der Waals surface area contributed by atoms with Gasteiger partial charge in [0.1, 0.15) is 0 Å². The molecule has 1 atom stereocenters. The third kappa shape index (κ3) is 4.14. The van der Waals surface area contributed by atoms with Crippen LogP contribution in [0.5, 0.6) is 0 Å². The van der Waals surface area contributed by atoms with E-state index in [1.807, 2.05) is 0 Å². The van der Waals surface area contributed by atoms with Gasteiger partial charge in [0, 0.05) is 18.6 Å². The first kappa shape index (κ1) is 12.6. The van der Waals surface area contributed by atoms with E-state index in [9.17, 15) is 0 Å². The van der Waals surface area contributed by atoms with Gasteiger partial charge in [-0.3, -0.25) is 0 Å². The van der Waals surface area contributed by atoms with Crippen LogP contribution in [-0.2, 0) is 6.42 Å². The highest BCUT2D eigenvalue weighted by atomic mass is 15.0. The average molecular weight is 232 g/mol. The molecule has 1 aromatic carbocycles. The Morgan fingerprint density at radius 1 is 1.29 bits per heavy atom. The molecule has 1 aliphatic rings. The summed E-state index contributed by atoms with van der Waals surface area (Å²) in [6, 6.07) is 11.6. The second-order valence-electron chi connectivity index (χ2n) is 5.47. The molecule has 2 heteroatoms. The maximum Gasteiger partial charge on any atom is 0.0168 e. The fourth-order valence-electron chi connectivity index (χ4n) is 2.49. The number of hydrogen-bond donors (Lipinski definition) is 2. The Bertz CT molecular complexity index is 317. The molecule has 0 heterocycles. The predicted molar refractivity (Wildman–Crippen MR) is 72.9 cm³/mol. The summed E-state index contributed by atoms with van der Waals surface area (Å²) in [6.45, 7) is 3.28. The average Bonchev–Trinajstić information content (AvgIpc) is 2.32. The number of nitrogens with two attached hydrogens (primary N) is 1. The summed E-state index contributed by atoms with van der Waals surface area (Å²) in [5.74, 6) is 0.910. The molecule has 2 nitrogen and oxygen atoms in total. The van der Waals surface area contributed by atoms with Gasteiger partial charge in [0.15, 0.2) is 0 Å². The van der Waals surface area contributed by atoms with E-state index in [0.29, 0.717) is 0 Å². The lowest BCUT2D eigenvalue weighted by Gasteiger charge is -2.34. The molecule has 0 bridgehead atoms. The molecule has 17 heavy (non-hydrogen) atoms. The van der Waals surface area contributed by atoms with Gasteiger partial charge in [-0.25, -0.2) is 0 Å². The van der Waals surface area contributed by atoms with Gasteiger partial charge in [-0.05, 0) is 37.2 Å². The summed E-state index contributed by atoms with van der Waals surface area (Å²) < 4.78 is 0. The Morgan fingerprint density at radius 2 is 2.00 bits per heavy atom. The van der Waals surface area contributed by atoms with Crippen LogP contribution in [0.3, 0.4) is 0 Å². The number of nitrogens with one attached hydrogen (secondary N) is 1. The van der Waals surface area contributed by atoms with E-state index in [1.165, 1.54) is 18.4 Å². The number of benzene rings is 1. The molecule has 1 aromatic rings. The molecule has 0 unspecified atom stereocenters. The minimum absolute atomic E-state index is 0.283. The number of hydrogen-bond acceptors (Lipinski definition) is 2. The van der Waals surface area contributed by atoms with E-state index in [4.69, 9.17) is 5.73 Å². The van der Waals surface area contributed by atoms with Gasteiger partial charge < -0.3 is 11.1 Å². The summed E-state index contributed by atoms with van der Waals surface area (Å²) in [5.41, 5.74) is 7.51. The third-order valence-corrected chi connectivity index (χ3v) is 3.69. The Labute approximate surface area is 105 Å². The van der Waals surface area contributed by atoms with Crippen molar-refractivity contribution in [2.75, 3.05) is 6.54 Å². The largest absolute Gasteiger partial charge is 0.327 e. The van der Waals surface area contributed by atoms with Crippen molar-refractivity contribution >= 4 is 0 Å². The van der Waals surface area contributed by atoms with Crippen LogP contribution in [0.1, 0.15) is 31.7 Å². The molecule has 0 aliphatic heterocycles. The third-order valence-electron chi connectivity index (χ3n) is 3.69. The molecular formula is C15H24N2. The molecule has 0 spiro atoms. The summed E-state index contributed by atoms with van der Waals surface area (Å²) in [7, 11) is 0. The van der Waals surface area contributed by atoms with Gasteiger partial charge in [0.25, 0.3) is 0 Å². The van der Waals surface area contributed by atoms with E-state index >= 15 is 0 Å². The van der Waals surface area contributed by atoms with Crippen molar-refractivity contribution in [3.63, 3.8) is 0 Å². The van der Waals surface area contributed by atoms with Gasteiger partial charge in [0.2, 0.25) is 0 Å². The first-order valence-electron chi connectivity index (χ1n) is 6.77. The highest BCUT2D eigenvalue weighted by Gasteiger charge is 2.24. The van der Waals surface area contributed by atoms with Crippen LogP contribution in [0.2, 0.25) is 0 Å². The van der Waals surface area contributed by atoms with Gasteiger partial charge in [-0.2, -0.15) is 0 Å². The second-order valence-corrected chi connectivity index (χ2v) is 5.47. The zero-order valence-corrected chi connectivity index (χ0v) is 10.7. The molecular weight excluding hydrogens is 208 g/mol. The van der Waals surface area contributed by atoms with Crippen LogP contribution >= 0.6 is 0 Å². The van der Waals surface area contributed by atoms with E-state index in [-0.39, 0.29) is 6.04 Å². The van der Waals surface area contributed by atoms with Crippen LogP contribution in [0.25, 0.3) is 0 Å². The molecule has 1 aliphatic carbocycles. The fourth-order valence-corrected chi connectivity index (χ4v) is 2.49. The Balaban J connectivity index is 1.59. The smallest absolute Gasteiger partial charge is 0.0168 e. The number of aryl methyl sites for hydroxylation is 1. The van der Waals surface area contributed by atoms with Crippen molar-refractivity contribution in [2.45, 2.75) is 44.7 Å². The molecule has 0 saturated heterocycles. The lowest BCUT2D eigenvalue weighted by atomic mass is 9.82. The van der Waals surface area contributed by atoms with Crippen molar-refractivity contribution in [1.82, 2.24) is 5.32 Å². The molecule has 1 saturated carbocycles. The minimum Gasteiger partial charge on any atom is -0.327 e. The van der Waals surface area contributed by atoms with E-state index in [1.54, 1.807) is 0 Å². The second kappa shape index (κ2) is 6.18. The monoisotopic (exact) mass is 232 g/mol. The first-order valence-corrected chi connectivity index (χ1v) is 6.77. The lowest BCUT2D eigenvalue weighted by Crippen LogP contribution is -2.45. The zero-order valence-electron chi connectivity index (χ0n) is 10.7. The summed E-state index contributed by atoms with van der Waals surface area (Å²) in [6.07, 6.45) is 4.81. The topological polar surface area (TPSA) is 38.0 Å². The maximum atomic E-state index is 6.12. The van der Waals surface area contributed by atoms with Crippen LogP contribution in [0.4, 0.5) is 0 Å². The maximum absolute atomic E-state index is 6.12. The van der Waals surface area contributed by atoms with Crippen molar-refractivity contribution in [2.24, 2.45) is 11.7 Å². The fraction of sp³-hybridized carbons (Fsp3) is 0.600. The van der Waals surface area contributed by atoms with Crippen molar-refractivity contribution in [3.05, 3.63) is 35.9 Å². The van der Waals surface area contributed by atoms with E-state index in [2.05, 4.69) is 42.6 Å². The van der Waals surface area contributed by atoms with Crippen LogP contribution in [0, 0.1) is 5.92 Å². The van der Waals surface area contributed by atoms with E-state index in [0.717, 1.165) is 31.3 Å². The quantitative estimate of drug-likeness (QED) is 0.790. The molecule has 94 valence electrons. The number of rotatable bonds is 6. The minimum atomic E-state index is 0.283. The Morgan fingerprint density at radius 3 is 2.65 bits per heavy atom. The van der Waals surface area contributed by atoms with Crippen molar-refractivity contribution in [1.29, 1.82) is 0 Å². The molecule has 0 aromatic heterocycles. The molecule has 1 fully saturated rings. The summed E-state index contributed by atoms with van der Waals surface area (Å²) >= 11 is 0. The van der Waals surface area contributed by atoms with Crippen LogP contribution < -0.4 is 11.1 Å². The summed E-state index contributed by atoms with van der Waals surface area (Å²) in [4.78, 5) is 0. The standard InChI is InChI=1S/C15H24N2/c1-12-9-15(10-12)17-11-14(16)8-7-13-5-3-2-4-6-13/h2-6,12,14-15,17H,7-11,16H2,1H3/t12?,14-,15?/m0/s1. The van der Waals surface area contributed by atoms with Crippen molar-refractivity contribution in [3.8, 4) is 0 Å². The summed E-state index contributed by atoms with van der Waals surface area (Å²) in [5, 5.41) is 3.56.